The van der Waals surface area contributed by atoms with E-state index in [1.54, 1.807) is 39.8 Å². The second-order valence-electron chi connectivity index (χ2n) is 9.43. The first-order valence-electron chi connectivity index (χ1n) is 13.2. The number of anilines is 1. The zero-order valence-corrected chi connectivity index (χ0v) is 24.7. The van der Waals surface area contributed by atoms with Crippen LogP contribution in [0.15, 0.2) is 88.8 Å². The molecule has 1 N–H and O–H groups in total. The van der Waals surface area contributed by atoms with Crippen LogP contribution in [0.1, 0.15) is 12.6 Å². The zero-order valence-electron chi connectivity index (χ0n) is 23.9. The zero-order chi connectivity index (χ0) is 29.8. The Morgan fingerprint density at radius 3 is 2.00 bits per heavy atom. The molecule has 1 amide bonds. The van der Waals surface area contributed by atoms with Gasteiger partial charge in [0.05, 0.1) is 30.9 Å². The maximum absolute atomic E-state index is 13.3. The van der Waals surface area contributed by atoms with Crippen LogP contribution in [0.2, 0.25) is 0 Å². The van der Waals surface area contributed by atoms with Crippen LogP contribution in [0, 0.1) is 6.92 Å². The third-order valence-corrected chi connectivity index (χ3v) is 7.80. The number of carbonyl (C=O) groups excluding carboxylic acids is 1. The number of rotatable bonds is 9. The number of ether oxygens (including phenoxy) is 2. The van der Waals surface area contributed by atoms with E-state index >= 15 is 0 Å². The van der Waals surface area contributed by atoms with Crippen molar-refractivity contribution in [1.82, 2.24) is 24.5 Å². The van der Waals surface area contributed by atoms with E-state index in [2.05, 4.69) is 15.5 Å². The fourth-order valence-corrected chi connectivity index (χ4v) is 5.12. The molecule has 1 unspecified atom stereocenters. The van der Waals surface area contributed by atoms with Crippen LogP contribution in [0.3, 0.4) is 0 Å². The molecule has 10 nitrogen and oxygen atoms in total. The van der Waals surface area contributed by atoms with Crippen LogP contribution in [0.5, 0.6) is 11.5 Å². The number of amides is 1. The second kappa shape index (κ2) is 12.3. The molecule has 42 heavy (non-hydrogen) atoms. The fraction of sp³-hybridized carbons (Fsp3) is 0.194. The van der Waals surface area contributed by atoms with E-state index in [0.717, 1.165) is 28.6 Å². The molecule has 0 bridgehead atoms. The van der Waals surface area contributed by atoms with Gasteiger partial charge >= 0.3 is 0 Å². The van der Waals surface area contributed by atoms with E-state index in [-0.39, 0.29) is 17.2 Å². The molecule has 0 fully saturated rings. The first-order chi connectivity index (χ1) is 20.3. The molecule has 0 aliphatic rings. The minimum Gasteiger partial charge on any atom is -0.497 e. The summed E-state index contributed by atoms with van der Waals surface area (Å²) in [5, 5.41) is 11.4. The topological polar surface area (TPSA) is 113 Å². The number of para-hydroxylation sites is 1. The molecule has 0 saturated heterocycles. The minimum absolute atomic E-state index is 0.228. The summed E-state index contributed by atoms with van der Waals surface area (Å²) >= 11 is 1.16. The summed E-state index contributed by atoms with van der Waals surface area (Å²) in [7, 11) is 5.00. The van der Waals surface area contributed by atoms with Gasteiger partial charge in [-0.15, -0.1) is 10.2 Å². The lowest BCUT2D eigenvalue weighted by Gasteiger charge is -2.13. The van der Waals surface area contributed by atoms with Crippen LogP contribution in [-0.2, 0) is 11.8 Å². The largest absolute Gasteiger partial charge is 0.497 e. The molecule has 0 aliphatic carbocycles. The van der Waals surface area contributed by atoms with Gasteiger partial charge in [-0.1, -0.05) is 30.0 Å². The number of benzene rings is 3. The van der Waals surface area contributed by atoms with E-state index in [4.69, 9.17) is 14.5 Å². The molecular weight excluding hydrogens is 552 g/mol. The van der Waals surface area contributed by atoms with Crippen molar-refractivity contribution < 1.29 is 14.3 Å². The lowest BCUT2D eigenvalue weighted by Crippen LogP contribution is -2.27. The molecule has 3 aromatic carbocycles. The van der Waals surface area contributed by atoms with Gasteiger partial charge in [0.15, 0.2) is 0 Å². The average molecular weight is 583 g/mol. The normalized spacial score (nSPS) is 11.6. The lowest BCUT2D eigenvalue weighted by molar-refractivity contribution is -0.115. The highest BCUT2D eigenvalue weighted by Crippen LogP contribution is 2.32. The smallest absolute Gasteiger partial charge is 0.295 e. The van der Waals surface area contributed by atoms with Gasteiger partial charge < -0.3 is 14.8 Å². The van der Waals surface area contributed by atoms with Crippen molar-refractivity contribution in [2.75, 3.05) is 19.5 Å². The fourth-order valence-electron chi connectivity index (χ4n) is 4.40. The summed E-state index contributed by atoms with van der Waals surface area (Å²) in [5.41, 5.74) is 4.09. The SMILES string of the molecule is COc1ccc(-c2nnc(SC(C)C(=O)Nc3c(C)n(C)n(-c4ccccc4)c3=O)nc2-c2ccc(OC)cc2)cc1. The Morgan fingerprint density at radius 1 is 0.857 bits per heavy atom. The maximum atomic E-state index is 13.3. The lowest BCUT2D eigenvalue weighted by atomic mass is 10.0. The Balaban J connectivity index is 1.42. The van der Waals surface area contributed by atoms with Crippen molar-refractivity contribution in [2.24, 2.45) is 7.05 Å². The number of carbonyl (C=O) groups is 1. The van der Waals surface area contributed by atoms with Gasteiger partial charge in [-0.25, -0.2) is 9.67 Å². The van der Waals surface area contributed by atoms with E-state index in [9.17, 15) is 9.59 Å². The van der Waals surface area contributed by atoms with E-state index in [1.807, 2.05) is 78.9 Å². The molecule has 0 saturated carbocycles. The summed E-state index contributed by atoms with van der Waals surface area (Å²) < 4.78 is 13.8. The molecule has 1 atom stereocenters. The maximum Gasteiger partial charge on any atom is 0.295 e. The van der Waals surface area contributed by atoms with E-state index < -0.39 is 5.25 Å². The van der Waals surface area contributed by atoms with Gasteiger partial charge in [0, 0.05) is 18.2 Å². The highest BCUT2D eigenvalue weighted by Gasteiger charge is 2.23. The highest BCUT2D eigenvalue weighted by molar-refractivity contribution is 8.00. The highest BCUT2D eigenvalue weighted by atomic mass is 32.2. The molecule has 2 heterocycles. The van der Waals surface area contributed by atoms with Crippen LogP contribution in [-0.4, -0.2) is 49.9 Å². The molecule has 0 spiro atoms. The van der Waals surface area contributed by atoms with Gasteiger partial charge in [0.25, 0.3) is 5.56 Å². The van der Waals surface area contributed by atoms with Crippen molar-refractivity contribution >= 4 is 23.4 Å². The number of methoxy groups -OCH3 is 2. The molecule has 214 valence electrons. The number of hydrogen-bond donors (Lipinski definition) is 1. The predicted octanol–water partition coefficient (Wildman–Crippen LogP) is 5.14. The molecule has 11 heteroatoms. The van der Waals surface area contributed by atoms with E-state index in [1.165, 1.54) is 4.68 Å². The van der Waals surface area contributed by atoms with Gasteiger partial charge in [0.2, 0.25) is 11.1 Å². The Hall–Kier alpha value is -4.90. The van der Waals surface area contributed by atoms with Gasteiger partial charge in [0.1, 0.15) is 28.6 Å². The van der Waals surface area contributed by atoms with Gasteiger partial charge in [-0.2, -0.15) is 0 Å². The average Bonchev–Trinajstić information content (AvgIpc) is 3.24. The first-order valence-corrected chi connectivity index (χ1v) is 14.0. The summed E-state index contributed by atoms with van der Waals surface area (Å²) in [6.07, 6.45) is 0. The summed E-state index contributed by atoms with van der Waals surface area (Å²) in [4.78, 5) is 31.3. The number of nitrogens with zero attached hydrogens (tertiary/aromatic N) is 5. The molecule has 0 aliphatic heterocycles. The minimum atomic E-state index is -0.619. The number of hydrogen-bond acceptors (Lipinski definition) is 8. The number of aromatic nitrogens is 5. The van der Waals surface area contributed by atoms with Crippen molar-refractivity contribution in [2.45, 2.75) is 24.3 Å². The Bertz CT molecular complexity index is 1770. The summed E-state index contributed by atoms with van der Waals surface area (Å²) in [6, 6.07) is 24.3. The number of thioether (sulfide) groups is 1. The van der Waals surface area contributed by atoms with Crippen LogP contribution in [0.25, 0.3) is 28.2 Å². The summed E-state index contributed by atoms with van der Waals surface area (Å²) in [5.74, 6) is 1.09. The molecule has 5 rings (SSSR count). The monoisotopic (exact) mass is 582 g/mol. The second-order valence-corrected chi connectivity index (χ2v) is 10.7. The van der Waals surface area contributed by atoms with Crippen LogP contribution >= 0.6 is 11.8 Å². The van der Waals surface area contributed by atoms with Crippen molar-refractivity contribution in [3.05, 3.63) is 94.9 Å². The number of nitrogens with one attached hydrogen (secondary N) is 1. The van der Waals surface area contributed by atoms with Gasteiger partial charge in [-0.3, -0.25) is 14.3 Å². The Kier molecular flexibility index (Phi) is 8.39. The first kappa shape index (κ1) is 28.6. The molecule has 5 aromatic rings. The quantitative estimate of drug-likeness (QED) is 0.238. The summed E-state index contributed by atoms with van der Waals surface area (Å²) in [6.45, 7) is 3.53. The standard InChI is InChI=1S/C31H30N6O4S/c1-19-26(30(39)37(36(19)3)23-9-7-6-8-10-23)32-29(38)20(2)42-31-33-27(21-11-15-24(40-4)16-12-21)28(34-35-31)22-13-17-25(41-5)18-14-22/h6-18,20H,1-5H3,(H,32,38). The van der Waals surface area contributed by atoms with E-state index in [0.29, 0.717) is 33.7 Å². The molecule has 0 radical (unpaired) electrons. The van der Waals surface area contributed by atoms with Crippen LogP contribution in [0.4, 0.5) is 5.69 Å². The predicted molar refractivity (Wildman–Crippen MR) is 163 cm³/mol. The molecular formula is C31H30N6O4S. The van der Waals surface area contributed by atoms with Crippen molar-refractivity contribution in [3.63, 3.8) is 0 Å². The Labute approximate surface area is 247 Å². The third kappa shape index (κ3) is 5.77. The van der Waals surface area contributed by atoms with Crippen molar-refractivity contribution in [3.8, 4) is 39.7 Å². The van der Waals surface area contributed by atoms with Crippen molar-refractivity contribution in [1.29, 1.82) is 0 Å². The van der Waals surface area contributed by atoms with Crippen LogP contribution < -0.4 is 20.3 Å². The Morgan fingerprint density at radius 2 is 1.43 bits per heavy atom. The molecule has 2 aromatic heterocycles. The third-order valence-electron chi connectivity index (χ3n) is 6.85. The van der Waals surface area contributed by atoms with Gasteiger partial charge in [-0.05, 0) is 74.5 Å².